The van der Waals surface area contributed by atoms with Crippen LogP contribution in [0.25, 0.3) is 10.8 Å². The summed E-state index contributed by atoms with van der Waals surface area (Å²) in [6, 6.07) is 8.14. The minimum Gasteiger partial charge on any atom is -0.478 e. The van der Waals surface area contributed by atoms with E-state index in [1.54, 1.807) is 24.3 Å². The first-order chi connectivity index (χ1) is 11.1. The normalized spacial score (nSPS) is 15.5. The van der Waals surface area contributed by atoms with Crippen LogP contribution in [0.3, 0.4) is 0 Å². The van der Waals surface area contributed by atoms with E-state index in [4.69, 9.17) is 9.47 Å². The highest BCUT2D eigenvalue weighted by Gasteiger charge is 2.29. The Morgan fingerprint density at radius 2 is 1.57 bits per heavy atom. The summed E-state index contributed by atoms with van der Waals surface area (Å²) in [5.41, 5.74) is -0.559. The molecule has 3 rings (SSSR count). The highest BCUT2D eigenvalue weighted by molar-refractivity contribution is 6.17. The molecule has 6 heteroatoms. The standard InChI is InChI=1S/C17H14O6/c18-15(19)12-9-10-5-1-2-6-11(10)13-14(12)17(21)23-8-4-3-7-22-16(13)20/h1-2,5-6,9H,3-4,7-8H2,(H,18,19). The van der Waals surface area contributed by atoms with Gasteiger partial charge >= 0.3 is 17.9 Å². The third-order valence-electron chi connectivity index (χ3n) is 3.69. The van der Waals surface area contributed by atoms with Crippen LogP contribution in [0, 0.1) is 0 Å². The molecule has 0 fully saturated rings. The number of cyclic esters (lactones) is 2. The number of carbonyl (C=O) groups is 3. The largest absolute Gasteiger partial charge is 0.478 e. The molecule has 0 aliphatic carbocycles. The van der Waals surface area contributed by atoms with E-state index in [0.29, 0.717) is 23.6 Å². The number of carboxylic acid groups (broad SMARTS) is 1. The maximum Gasteiger partial charge on any atom is 0.339 e. The van der Waals surface area contributed by atoms with Gasteiger partial charge in [-0.15, -0.1) is 0 Å². The topological polar surface area (TPSA) is 89.9 Å². The Hall–Kier alpha value is -2.89. The van der Waals surface area contributed by atoms with Crippen LogP contribution in [0.5, 0.6) is 0 Å². The van der Waals surface area contributed by atoms with Crippen LogP contribution in [0.2, 0.25) is 0 Å². The quantitative estimate of drug-likeness (QED) is 0.814. The number of aromatic carboxylic acids is 1. The molecule has 6 nitrogen and oxygen atoms in total. The van der Waals surface area contributed by atoms with Crippen molar-refractivity contribution in [3.63, 3.8) is 0 Å². The molecule has 0 amide bonds. The van der Waals surface area contributed by atoms with Gasteiger partial charge in [0.05, 0.1) is 29.9 Å². The van der Waals surface area contributed by atoms with E-state index in [1.807, 2.05) is 0 Å². The first-order valence-electron chi connectivity index (χ1n) is 7.23. The molecular weight excluding hydrogens is 300 g/mol. The fourth-order valence-corrected chi connectivity index (χ4v) is 2.62. The molecule has 0 spiro atoms. The van der Waals surface area contributed by atoms with E-state index in [0.717, 1.165) is 0 Å². The maximum atomic E-state index is 12.4. The van der Waals surface area contributed by atoms with Gasteiger partial charge in [0, 0.05) is 0 Å². The Kier molecular flexibility index (Phi) is 3.97. The second-order valence-electron chi connectivity index (χ2n) is 5.18. The third kappa shape index (κ3) is 2.75. The summed E-state index contributed by atoms with van der Waals surface area (Å²) in [7, 11) is 0. The summed E-state index contributed by atoms with van der Waals surface area (Å²) in [5, 5.41) is 10.4. The molecule has 1 aliphatic heterocycles. The number of carbonyl (C=O) groups excluding carboxylic acids is 2. The van der Waals surface area contributed by atoms with Gasteiger partial charge in [-0.05, 0) is 29.7 Å². The van der Waals surface area contributed by atoms with Gasteiger partial charge in [0.25, 0.3) is 0 Å². The van der Waals surface area contributed by atoms with Gasteiger partial charge in [0.1, 0.15) is 0 Å². The lowest BCUT2D eigenvalue weighted by molar-refractivity contribution is 0.0392. The van der Waals surface area contributed by atoms with Crippen LogP contribution < -0.4 is 0 Å². The maximum absolute atomic E-state index is 12.4. The van der Waals surface area contributed by atoms with E-state index < -0.39 is 17.9 Å². The molecule has 0 radical (unpaired) electrons. The molecule has 1 heterocycles. The second-order valence-corrected chi connectivity index (χ2v) is 5.18. The predicted molar refractivity (Wildman–Crippen MR) is 80.7 cm³/mol. The van der Waals surface area contributed by atoms with Gasteiger partial charge in [-0.25, -0.2) is 14.4 Å². The highest BCUT2D eigenvalue weighted by atomic mass is 16.5. The first-order valence-corrected chi connectivity index (χ1v) is 7.23. The summed E-state index contributed by atoms with van der Waals surface area (Å²) in [4.78, 5) is 36.3. The molecule has 0 bridgehead atoms. The molecule has 0 unspecified atom stereocenters. The second kappa shape index (κ2) is 6.08. The molecule has 0 saturated heterocycles. The summed E-state index contributed by atoms with van der Waals surface area (Å²) >= 11 is 0. The van der Waals surface area contributed by atoms with E-state index >= 15 is 0 Å². The molecule has 118 valence electrons. The van der Waals surface area contributed by atoms with Crippen LogP contribution in [0.1, 0.15) is 43.9 Å². The van der Waals surface area contributed by atoms with Gasteiger partial charge in [-0.1, -0.05) is 24.3 Å². The zero-order valence-corrected chi connectivity index (χ0v) is 12.2. The highest BCUT2D eigenvalue weighted by Crippen LogP contribution is 2.28. The van der Waals surface area contributed by atoms with Gasteiger partial charge in [0.2, 0.25) is 0 Å². The number of rotatable bonds is 1. The van der Waals surface area contributed by atoms with Crippen molar-refractivity contribution in [2.24, 2.45) is 0 Å². The predicted octanol–water partition coefficient (Wildman–Crippen LogP) is 2.65. The van der Waals surface area contributed by atoms with Gasteiger partial charge < -0.3 is 14.6 Å². The molecule has 1 aliphatic rings. The van der Waals surface area contributed by atoms with Crippen molar-refractivity contribution in [1.82, 2.24) is 0 Å². The molecule has 0 atom stereocenters. The molecular formula is C17H14O6. The van der Waals surface area contributed by atoms with Crippen LogP contribution >= 0.6 is 0 Å². The van der Waals surface area contributed by atoms with Crippen LogP contribution in [0.15, 0.2) is 30.3 Å². The lowest BCUT2D eigenvalue weighted by Gasteiger charge is -2.16. The van der Waals surface area contributed by atoms with Gasteiger partial charge in [-0.2, -0.15) is 0 Å². The Bertz CT molecular complexity index is 808. The Balaban J connectivity index is 2.36. The Morgan fingerprint density at radius 3 is 2.22 bits per heavy atom. The first kappa shape index (κ1) is 15.0. The van der Waals surface area contributed by atoms with Crippen molar-refractivity contribution in [1.29, 1.82) is 0 Å². The van der Waals surface area contributed by atoms with Crippen molar-refractivity contribution < 1.29 is 29.0 Å². The van der Waals surface area contributed by atoms with Crippen LogP contribution in [-0.2, 0) is 9.47 Å². The summed E-state index contributed by atoms with van der Waals surface area (Å²) in [6.07, 6.45) is 1.12. The monoisotopic (exact) mass is 314 g/mol. The number of benzene rings is 2. The summed E-state index contributed by atoms with van der Waals surface area (Å²) < 4.78 is 10.3. The van der Waals surface area contributed by atoms with E-state index in [2.05, 4.69) is 0 Å². The summed E-state index contributed by atoms with van der Waals surface area (Å²) in [6.45, 7) is 0.350. The van der Waals surface area contributed by atoms with Gasteiger partial charge in [-0.3, -0.25) is 0 Å². The lowest BCUT2D eigenvalue weighted by Crippen LogP contribution is -2.21. The Labute approximate surface area is 131 Å². The average Bonchev–Trinajstić information content (AvgIpc) is 2.55. The summed E-state index contributed by atoms with van der Waals surface area (Å²) in [5.74, 6) is -2.83. The van der Waals surface area contributed by atoms with Crippen molar-refractivity contribution in [3.05, 3.63) is 47.0 Å². The minimum absolute atomic E-state index is 0.0487. The van der Waals surface area contributed by atoms with Crippen molar-refractivity contribution in [3.8, 4) is 0 Å². The van der Waals surface area contributed by atoms with Crippen molar-refractivity contribution in [2.75, 3.05) is 13.2 Å². The van der Waals surface area contributed by atoms with Crippen molar-refractivity contribution >= 4 is 28.7 Å². The fourth-order valence-electron chi connectivity index (χ4n) is 2.62. The number of carboxylic acids is 1. The van der Waals surface area contributed by atoms with E-state index in [-0.39, 0.29) is 29.9 Å². The molecule has 0 aromatic heterocycles. The molecule has 1 N–H and O–H groups in total. The number of hydrogen-bond acceptors (Lipinski definition) is 5. The van der Waals surface area contributed by atoms with E-state index in [1.165, 1.54) is 6.07 Å². The van der Waals surface area contributed by atoms with Gasteiger partial charge in [0.15, 0.2) is 0 Å². The third-order valence-corrected chi connectivity index (χ3v) is 3.69. The van der Waals surface area contributed by atoms with Crippen LogP contribution in [0.4, 0.5) is 0 Å². The number of fused-ring (bicyclic) bond motifs is 3. The average molecular weight is 314 g/mol. The lowest BCUT2D eigenvalue weighted by atomic mass is 9.93. The fraction of sp³-hybridized carbons (Fsp3) is 0.235. The molecule has 0 saturated carbocycles. The van der Waals surface area contributed by atoms with Crippen molar-refractivity contribution in [2.45, 2.75) is 12.8 Å². The Morgan fingerprint density at radius 1 is 0.957 bits per heavy atom. The minimum atomic E-state index is -1.30. The zero-order chi connectivity index (χ0) is 16.4. The number of hydrogen-bond donors (Lipinski definition) is 1. The molecule has 2 aromatic rings. The SMILES string of the molecule is O=C(O)c1cc2ccccc2c2c1C(=O)OCCCCOC2=O. The van der Waals surface area contributed by atoms with E-state index in [9.17, 15) is 19.5 Å². The molecule has 2 aromatic carbocycles. The molecule has 23 heavy (non-hydrogen) atoms. The number of esters is 2. The van der Waals surface area contributed by atoms with Crippen LogP contribution in [-0.4, -0.2) is 36.2 Å². The zero-order valence-electron chi connectivity index (χ0n) is 12.2. The number of ether oxygens (including phenoxy) is 2. The smallest absolute Gasteiger partial charge is 0.339 e.